The maximum Gasteiger partial charge on any atom is 0.259 e. The molecule has 0 radical (unpaired) electrons. The van der Waals surface area contributed by atoms with Gasteiger partial charge < -0.3 is 15.1 Å². The minimum absolute atomic E-state index is 0.122. The topological polar surface area (TPSA) is 48.5 Å². The fourth-order valence-electron chi connectivity index (χ4n) is 3.37. The quantitative estimate of drug-likeness (QED) is 0.791. The molecular weight excluding hydrogens is 324 g/mol. The SMILES string of the molecule is CN1CCN(c2ncccc2C(=O)Nc2cccc3ccccc23)CC1. The molecule has 1 N–H and O–H groups in total. The Morgan fingerprint density at radius 2 is 1.73 bits per heavy atom. The Morgan fingerprint density at radius 3 is 2.58 bits per heavy atom. The van der Waals surface area contributed by atoms with Gasteiger partial charge in [-0.25, -0.2) is 4.98 Å². The summed E-state index contributed by atoms with van der Waals surface area (Å²) in [6.45, 7) is 3.70. The molecule has 132 valence electrons. The van der Waals surface area contributed by atoms with Crippen LogP contribution in [0.2, 0.25) is 0 Å². The molecule has 4 rings (SSSR count). The number of carbonyl (C=O) groups excluding carboxylic acids is 1. The van der Waals surface area contributed by atoms with Gasteiger partial charge in [-0.2, -0.15) is 0 Å². The van der Waals surface area contributed by atoms with Crippen molar-refractivity contribution in [3.63, 3.8) is 0 Å². The zero-order valence-electron chi connectivity index (χ0n) is 14.9. The van der Waals surface area contributed by atoms with Crippen molar-refractivity contribution in [3.8, 4) is 0 Å². The van der Waals surface area contributed by atoms with Crippen LogP contribution in [0.4, 0.5) is 11.5 Å². The third-order valence-electron chi connectivity index (χ3n) is 4.87. The van der Waals surface area contributed by atoms with Crippen LogP contribution in [0.5, 0.6) is 0 Å². The minimum Gasteiger partial charge on any atom is -0.353 e. The largest absolute Gasteiger partial charge is 0.353 e. The molecule has 2 heterocycles. The first-order chi connectivity index (χ1) is 12.7. The molecule has 5 nitrogen and oxygen atoms in total. The van der Waals surface area contributed by atoms with E-state index in [1.165, 1.54) is 0 Å². The van der Waals surface area contributed by atoms with Crippen LogP contribution < -0.4 is 10.2 Å². The van der Waals surface area contributed by atoms with E-state index in [9.17, 15) is 4.79 Å². The molecule has 1 aliphatic heterocycles. The average Bonchev–Trinajstić information content (AvgIpc) is 2.69. The summed E-state index contributed by atoms with van der Waals surface area (Å²) in [7, 11) is 2.11. The van der Waals surface area contributed by atoms with E-state index in [4.69, 9.17) is 0 Å². The number of nitrogens with zero attached hydrogens (tertiary/aromatic N) is 3. The molecule has 0 aliphatic carbocycles. The highest BCUT2D eigenvalue weighted by Gasteiger charge is 2.21. The lowest BCUT2D eigenvalue weighted by Gasteiger charge is -2.34. The first-order valence-electron chi connectivity index (χ1n) is 8.90. The van der Waals surface area contributed by atoms with Crippen molar-refractivity contribution in [3.05, 3.63) is 66.4 Å². The number of benzene rings is 2. The van der Waals surface area contributed by atoms with Gasteiger partial charge in [-0.05, 0) is 30.6 Å². The standard InChI is InChI=1S/C21H22N4O/c1-24-12-14-25(15-13-24)20-18(9-5-11-22-20)21(26)23-19-10-4-7-16-6-2-3-8-17(16)19/h2-11H,12-15H2,1H3,(H,23,26). The summed E-state index contributed by atoms with van der Waals surface area (Å²) in [6.07, 6.45) is 1.75. The number of aromatic nitrogens is 1. The van der Waals surface area contributed by atoms with Gasteiger partial charge in [0, 0.05) is 43.4 Å². The summed E-state index contributed by atoms with van der Waals surface area (Å²) >= 11 is 0. The fraction of sp³-hybridized carbons (Fsp3) is 0.238. The fourth-order valence-corrected chi connectivity index (χ4v) is 3.37. The molecular formula is C21H22N4O. The predicted molar refractivity (Wildman–Crippen MR) is 106 cm³/mol. The highest BCUT2D eigenvalue weighted by molar-refractivity contribution is 6.11. The van der Waals surface area contributed by atoms with E-state index < -0.39 is 0 Å². The summed E-state index contributed by atoms with van der Waals surface area (Å²) in [5.74, 6) is 0.640. The Kier molecular flexibility index (Phi) is 4.54. The number of likely N-dealkylation sites (N-methyl/N-ethyl adjacent to an activating group) is 1. The average molecular weight is 346 g/mol. The van der Waals surface area contributed by atoms with Gasteiger partial charge in [0.25, 0.3) is 5.91 Å². The zero-order valence-corrected chi connectivity index (χ0v) is 14.9. The Labute approximate surface area is 153 Å². The number of amides is 1. The summed E-state index contributed by atoms with van der Waals surface area (Å²) in [6, 6.07) is 17.7. The molecule has 0 bridgehead atoms. The van der Waals surface area contributed by atoms with Gasteiger partial charge in [-0.15, -0.1) is 0 Å². The molecule has 1 amide bonds. The van der Waals surface area contributed by atoms with Gasteiger partial charge in [-0.1, -0.05) is 36.4 Å². The summed E-state index contributed by atoms with van der Waals surface area (Å²) in [5.41, 5.74) is 1.44. The van der Waals surface area contributed by atoms with Crippen molar-refractivity contribution >= 4 is 28.2 Å². The highest BCUT2D eigenvalue weighted by Crippen LogP contribution is 2.25. The van der Waals surface area contributed by atoms with Crippen LogP contribution >= 0.6 is 0 Å². The summed E-state index contributed by atoms with van der Waals surface area (Å²) in [4.78, 5) is 22.0. The molecule has 1 fully saturated rings. The van der Waals surface area contributed by atoms with Crippen LogP contribution in [0.1, 0.15) is 10.4 Å². The summed E-state index contributed by atoms with van der Waals surface area (Å²) < 4.78 is 0. The minimum atomic E-state index is -0.122. The van der Waals surface area contributed by atoms with Crippen molar-refractivity contribution in [1.29, 1.82) is 0 Å². The molecule has 2 aromatic carbocycles. The van der Waals surface area contributed by atoms with E-state index in [0.717, 1.165) is 48.5 Å². The number of hydrogen-bond acceptors (Lipinski definition) is 4. The first-order valence-corrected chi connectivity index (χ1v) is 8.90. The molecule has 26 heavy (non-hydrogen) atoms. The third kappa shape index (κ3) is 3.26. The monoisotopic (exact) mass is 346 g/mol. The lowest BCUT2D eigenvalue weighted by molar-refractivity contribution is 0.102. The summed E-state index contributed by atoms with van der Waals surface area (Å²) in [5, 5.41) is 5.22. The Hall–Kier alpha value is -2.92. The molecule has 0 spiro atoms. The number of fused-ring (bicyclic) bond motifs is 1. The number of pyridine rings is 1. The first kappa shape index (κ1) is 16.5. The Bertz CT molecular complexity index is 927. The second kappa shape index (κ2) is 7.14. The number of piperazine rings is 1. The van der Waals surface area contributed by atoms with Crippen LogP contribution in [0, 0.1) is 0 Å². The van der Waals surface area contributed by atoms with Crippen LogP contribution in [-0.4, -0.2) is 49.0 Å². The molecule has 1 aromatic heterocycles. The number of carbonyl (C=O) groups is 1. The number of rotatable bonds is 3. The Morgan fingerprint density at radius 1 is 0.962 bits per heavy atom. The smallest absolute Gasteiger partial charge is 0.259 e. The molecule has 0 atom stereocenters. The van der Waals surface area contributed by atoms with Gasteiger partial charge in [-0.3, -0.25) is 4.79 Å². The second-order valence-electron chi connectivity index (χ2n) is 6.65. The number of anilines is 2. The zero-order chi connectivity index (χ0) is 17.9. The lowest BCUT2D eigenvalue weighted by atomic mass is 10.1. The third-order valence-corrected chi connectivity index (χ3v) is 4.87. The molecule has 1 saturated heterocycles. The molecule has 1 aliphatic rings. The van der Waals surface area contributed by atoms with E-state index in [-0.39, 0.29) is 5.91 Å². The van der Waals surface area contributed by atoms with Crippen molar-refractivity contribution in [1.82, 2.24) is 9.88 Å². The van der Waals surface area contributed by atoms with Gasteiger partial charge in [0.15, 0.2) is 0 Å². The van der Waals surface area contributed by atoms with Gasteiger partial charge in [0.2, 0.25) is 0 Å². The van der Waals surface area contributed by atoms with E-state index in [1.54, 1.807) is 6.20 Å². The van der Waals surface area contributed by atoms with Crippen molar-refractivity contribution in [2.45, 2.75) is 0 Å². The Balaban J connectivity index is 1.62. The number of hydrogen-bond donors (Lipinski definition) is 1. The van der Waals surface area contributed by atoms with E-state index in [2.05, 4.69) is 27.1 Å². The second-order valence-corrected chi connectivity index (χ2v) is 6.65. The van der Waals surface area contributed by atoms with E-state index in [1.807, 2.05) is 54.6 Å². The molecule has 5 heteroatoms. The predicted octanol–water partition coefficient (Wildman–Crippen LogP) is 3.24. The van der Waals surface area contributed by atoms with Crippen LogP contribution in [0.25, 0.3) is 10.8 Å². The van der Waals surface area contributed by atoms with Gasteiger partial charge >= 0.3 is 0 Å². The maximum atomic E-state index is 13.0. The highest BCUT2D eigenvalue weighted by atomic mass is 16.1. The molecule has 3 aromatic rings. The van der Waals surface area contributed by atoms with E-state index >= 15 is 0 Å². The number of nitrogens with one attached hydrogen (secondary N) is 1. The molecule has 0 unspecified atom stereocenters. The van der Waals surface area contributed by atoms with Crippen LogP contribution in [0.15, 0.2) is 60.8 Å². The van der Waals surface area contributed by atoms with Gasteiger partial charge in [0.05, 0.1) is 5.56 Å². The lowest BCUT2D eigenvalue weighted by Crippen LogP contribution is -2.45. The van der Waals surface area contributed by atoms with Crippen molar-refractivity contribution < 1.29 is 4.79 Å². The van der Waals surface area contributed by atoms with Gasteiger partial charge in [0.1, 0.15) is 5.82 Å². The van der Waals surface area contributed by atoms with Crippen LogP contribution in [0.3, 0.4) is 0 Å². The van der Waals surface area contributed by atoms with Crippen LogP contribution in [-0.2, 0) is 0 Å². The maximum absolute atomic E-state index is 13.0. The molecule has 0 saturated carbocycles. The normalized spacial score (nSPS) is 15.2. The van der Waals surface area contributed by atoms with E-state index in [0.29, 0.717) is 5.56 Å². The van der Waals surface area contributed by atoms with Crippen molar-refractivity contribution in [2.75, 3.05) is 43.4 Å². The van der Waals surface area contributed by atoms with Crippen molar-refractivity contribution in [2.24, 2.45) is 0 Å².